The SMILES string of the molecule is [2H]C([2H])([2H])O[C@]1(C(F)(F)F)CCc2c(S(=O)(=O)Nc3cc(F)c(Cl)cc3F)c[nH]c2C1. The minimum absolute atomic E-state index is 0.0450. The van der Waals surface area contributed by atoms with E-state index in [1.54, 1.807) is 0 Å². The van der Waals surface area contributed by atoms with Crippen molar-refractivity contribution in [2.45, 2.75) is 35.9 Å². The molecule has 1 aliphatic rings. The molecule has 0 unspecified atom stereocenters. The number of fused-ring (bicyclic) bond motifs is 1. The number of anilines is 1. The molecule has 0 bridgehead atoms. The fraction of sp³-hybridized carbons (Fsp3) is 0.375. The molecule has 1 atom stereocenters. The average Bonchev–Trinajstić information content (AvgIpc) is 3.01. The van der Waals surface area contributed by atoms with Crippen molar-refractivity contribution in [1.82, 2.24) is 4.98 Å². The van der Waals surface area contributed by atoms with Crippen LogP contribution >= 0.6 is 11.6 Å². The molecule has 0 radical (unpaired) electrons. The number of H-pyrrole nitrogens is 1. The lowest BCUT2D eigenvalue weighted by Crippen LogP contribution is -2.51. The highest BCUT2D eigenvalue weighted by Gasteiger charge is 2.57. The summed E-state index contributed by atoms with van der Waals surface area (Å²) in [5.41, 5.74) is -4.04. The number of rotatable bonds is 4. The lowest BCUT2D eigenvalue weighted by molar-refractivity contribution is -0.273. The lowest BCUT2D eigenvalue weighted by Gasteiger charge is -2.37. The Kier molecular flexibility index (Phi) is 4.19. The van der Waals surface area contributed by atoms with Gasteiger partial charge in [0.15, 0.2) is 5.60 Å². The van der Waals surface area contributed by atoms with E-state index in [-0.39, 0.29) is 11.3 Å². The first-order valence-corrected chi connectivity index (χ1v) is 9.54. The fourth-order valence-electron chi connectivity index (χ4n) is 3.04. The molecule has 12 heteroatoms. The van der Waals surface area contributed by atoms with Crippen LogP contribution in [0.1, 0.15) is 21.8 Å². The van der Waals surface area contributed by atoms with Crippen molar-refractivity contribution in [3.8, 4) is 0 Å². The Bertz CT molecular complexity index is 1120. The molecular weight excluding hydrogens is 431 g/mol. The Morgan fingerprint density at radius 3 is 2.68 bits per heavy atom. The zero-order chi connectivity index (χ0) is 23.4. The topological polar surface area (TPSA) is 71.2 Å². The predicted molar refractivity (Wildman–Crippen MR) is 90.8 cm³/mol. The number of benzene rings is 1. The van der Waals surface area contributed by atoms with E-state index in [1.165, 1.54) is 0 Å². The molecular formula is C16H14ClF5N2O3S. The van der Waals surface area contributed by atoms with E-state index >= 15 is 0 Å². The van der Waals surface area contributed by atoms with Crippen LogP contribution in [0.25, 0.3) is 0 Å². The van der Waals surface area contributed by atoms with Gasteiger partial charge in [0.2, 0.25) is 0 Å². The zero-order valence-electron chi connectivity index (χ0n) is 16.8. The molecule has 1 heterocycles. The van der Waals surface area contributed by atoms with Crippen LogP contribution in [0.4, 0.5) is 27.6 Å². The molecule has 0 fully saturated rings. The highest BCUT2D eigenvalue weighted by molar-refractivity contribution is 7.92. The van der Waals surface area contributed by atoms with Gasteiger partial charge in [-0.1, -0.05) is 11.6 Å². The van der Waals surface area contributed by atoms with Crippen LogP contribution in [-0.2, 0) is 27.6 Å². The molecule has 28 heavy (non-hydrogen) atoms. The van der Waals surface area contributed by atoms with Crippen LogP contribution in [-0.4, -0.2) is 32.2 Å². The van der Waals surface area contributed by atoms with Crippen LogP contribution in [0.15, 0.2) is 23.2 Å². The third-order valence-corrected chi connectivity index (χ3v) is 6.26. The molecule has 1 aliphatic carbocycles. The van der Waals surface area contributed by atoms with E-state index in [0.29, 0.717) is 12.1 Å². The van der Waals surface area contributed by atoms with Crippen molar-refractivity contribution in [3.05, 3.63) is 46.2 Å². The maximum atomic E-state index is 14.0. The summed E-state index contributed by atoms with van der Waals surface area (Å²) < 4.78 is 121. The maximum Gasteiger partial charge on any atom is 0.417 e. The monoisotopic (exact) mass is 447 g/mol. The number of nitrogens with one attached hydrogen (secondary N) is 2. The van der Waals surface area contributed by atoms with E-state index in [2.05, 4.69) is 9.72 Å². The first kappa shape index (κ1) is 17.0. The molecule has 2 aromatic rings. The number of hydrogen-bond donors (Lipinski definition) is 2. The summed E-state index contributed by atoms with van der Waals surface area (Å²) in [5, 5.41) is -0.572. The second-order valence-corrected chi connectivity index (χ2v) is 8.29. The first-order chi connectivity index (χ1) is 14.0. The maximum absolute atomic E-state index is 14.0. The standard InChI is InChI=1S/C16H14ClF5N2O3S/c1-27-15(16(20,21)22)3-2-8-13(6-15)23-7-14(8)28(25,26)24-12-5-10(18)9(17)4-11(12)19/h4-5,7,23-24H,2-3,6H2,1H3/t15-/m1/s1/i1D3. The molecule has 3 rings (SSSR count). The molecule has 1 aromatic carbocycles. The summed E-state index contributed by atoms with van der Waals surface area (Å²) in [6.45, 7) is 0. The highest BCUT2D eigenvalue weighted by Crippen LogP contribution is 2.44. The van der Waals surface area contributed by atoms with Crippen LogP contribution < -0.4 is 4.72 Å². The molecule has 0 amide bonds. The molecule has 0 saturated carbocycles. The second kappa shape index (κ2) is 6.89. The summed E-state index contributed by atoms with van der Waals surface area (Å²) in [7, 11) is -7.88. The minimum Gasteiger partial charge on any atom is -0.368 e. The third kappa shape index (κ3) is 3.46. The smallest absolute Gasteiger partial charge is 0.368 e. The summed E-state index contributed by atoms with van der Waals surface area (Å²) >= 11 is 5.42. The number of sulfonamides is 1. The van der Waals surface area contributed by atoms with Crippen molar-refractivity contribution in [3.63, 3.8) is 0 Å². The van der Waals surface area contributed by atoms with E-state index in [9.17, 15) is 30.4 Å². The molecule has 0 aliphatic heterocycles. The van der Waals surface area contributed by atoms with Gasteiger partial charge in [-0.2, -0.15) is 13.2 Å². The highest BCUT2D eigenvalue weighted by atomic mass is 35.5. The summed E-state index contributed by atoms with van der Waals surface area (Å²) in [5.74, 6) is -2.25. The number of halogens is 6. The van der Waals surface area contributed by atoms with Crippen LogP contribution in [0, 0.1) is 11.6 Å². The van der Waals surface area contributed by atoms with Gasteiger partial charge in [0.05, 0.1) is 14.8 Å². The van der Waals surface area contributed by atoms with Gasteiger partial charge in [-0.3, -0.25) is 4.72 Å². The van der Waals surface area contributed by atoms with Gasteiger partial charge in [0, 0.05) is 31.4 Å². The number of ether oxygens (including phenoxy) is 1. The number of methoxy groups -OCH3 is 1. The van der Waals surface area contributed by atoms with Gasteiger partial charge in [0.1, 0.15) is 16.5 Å². The van der Waals surface area contributed by atoms with Gasteiger partial charge < -0.3 is 9.72 Å². The lowest BCUT2D eigenvalue weighted by atomic mass is 9.83. The molecule has 1 aromatic heterocycles. The number of alkyl halides is 3. The molecule has 0 saturated heterocycles. The predicted octanol–water partition coefficient (Wildman–Crippen LogP) is 4.18. The van der Waals surface area contributed by atoms with Crippen molar-refractivity contribution in [1.29, 1.82) is 0 Å². The number of hydrogen-bond acceptors (Lipinski definition) is 3. The second-order valence-electron chi connectivity index (χ2n) is 6.23. The normalized spacial score (nSPS) is 22.1. The number of aromatic nitrogens is 1. The molecule has 5 nitrogen and oxygen atoms in total. The first-order valence-electron chi connectivity index (χ1n) is 9.18. The van der Waals surface area contributed by atoms with Crippen molar-refractivity contribution in [2.24, 2.45) is 0 Å². The van der Waals surface area contributed by atoms with Gasteiger partial charge in [0.25, 0.3) is 10.0 Å². The Balaban J connectivity index is 1.96. The van der Waals surface area contributed by atoms with Crippen molar-refractivity contribution < 1.29 is 39.2 Å². The minimum atomic E-state index is -5.05. The molecule has 0 spiro atoms. The van der Waals surface area contributed by atoms with Gasteiger partial charge >= 0.3 is 6.18 Å². The van der Waals surface area contributed by atoms with Crippen molar-refractivity contribution >= 4 is 27.3 Å². The summed E-state index contributed by atoms with van der Waals surface area (Å²) in [4.78, 5) is 1.91. The zero-order valence-corrected chi connectivity index (χ0v) is 15.3. The Labute approximate surface area is 166 Å². The van der Waals surface area contributed by atoms with E-state index in [1.807, 2.05) is 4.72 Å². The van der Waals surface area contributed by atoms with Crippen molar-refractivity contribution in [2.75, 3.05) is 11.8 Å². The Morgan fingerprint density at radius 1 is 1.32 bits per heavy atom. The summed E-state index contributed by atoms with van der Waals surface area (Å²) in [6, 6.07) is 1.08. The molecule has 2 N–H and O–H groups in total. The van der Waals surface area contributed by atoms with Crippen LogP contribution in [0.5, 0.6) is 0 Å². The quantitative estimate of drug-likeness (QED) is 0.545. The van der Waals surface area contributed by atoms with E-state index in [0.717, 1.165) is 6.20 Å². The van der Waals surface area contributed by atoms with E-state index in [4.69, 9.17) is 15.7 Å². The summed E-state index contributed by atoms with van der Waals surface area (Å²) in [6.07, 6.45) is -6.48. The van der Waals surface area contributed by atoms with Gasteiger partial charge in [-0.15, -0.1) is 0 Å². The average molecular weight is 448 g/mol. The Morgan fingerprint density at radius 2 is 2.04 bits per heavy atom. The van der Waals surface area contributed by atoms with Gasteiger partial charge in [-0.05, 0) is 24.5 Å². The van der Waals surface area contributed by atoms with Crippen LogP contribution in [0.2, 0.25) is 5.02 Å². The fourth-order valence-corrected chi connectivity index (χ4v) is 4.51. The number of aromatic amines is 1. The largest absolute Gasteiger partial charge is 0.417 e. The Hall–Kier alpha value is -1.85. The van der Waals surface area contributed by atoms with E-state index < -0.39 is 75.3 Å². The third-order valence-electron chi connectivity index (χ3n) is 4.54. The molecule has 154 valence electrons. The van der Waals surface area contributed by atoms with Crippen LogP contribution in [0.3, 0.4) is 0 Å². The van der Waals surface area contributed by atoms with Gasteiger partial charge in [-0.25, -0.2) is 17.2 Å².